The normalized spacial score (nSPS) is 15.1. The molecule has 0 spiro atoms. The van der Waals surface area contributed by atoms with Crippen LogP contribution in [-0.4, -0.2) is 58.0 Å². The van der Waals surface area contributed by atoms with E-state index in [1.165, 1.54) is 22.5 Å². The number of piperazine rings is 1. The molecule has 1 aromatic carbocycles. The Balaban J connectivity index is 1.46. The molecule has 1 amide bonds. The first-order chi connectivity index (χ1) is 13.2. The minimum absolute atomic E-state index is 0.00940. The van der Waals surface area contributed by atoms with E-state index in [4.69, 9.17) is 0 Å². The summed E-state index contributed by atoms with van der Waals surface area (Å²) in [6.07, 6.45) is 4.26. The topological polar surface area (TPSA) is 58.4 Å². The molecule has 0 unspecified atom stereocenters. The van der Waals surface area contributed by atoms with Gasteiger partial charge in [-0.1, -0.05) is 43.7 Å². The van der Waals surface area contributed by atoms with Gasteiger partial charge in [-0.05, 0) is 18.4 Å². The van der Waals surface area contributed by atoms with Crippen LogP contribution < -0.4 is 5.56 Å². The molecule has 6 heteroatoms. The van der Waals surface area contributed by atoms with Crippen LogP contribution in [0.25, 0.3) is 0 Å². The summed E-state index contributed by atoms with van der Waals surface area (Å²) in [7, 11) is 0. The maximum absolute atomic E-state index is 12.5. The highest BCUT2D eigenvalue weighted by Gasteiger charge is 2.21. The molecule has 6 nitrogen and oxygen atoms in total. The highest BCUT2D eigenvalue weighted by Crippen LogP contribution is 2.06. The number of hydrogen-bond donors (Lipinski definition) is 0. The Morgan fingerprint density at radius 3 is 2.48 bits per heavy atom. The number of nitrogens with zero attached hydrogens (tertiary/aromatic N) is 4. The molecule has 2 heterocycles. The van der Waals surface area contributed by atoms with Crippen LogP contribution in [0.3, 0.4) is 0 Å². The van der Waals surface area contributed by atoms with Gasteiger partial charge >= 0.3 is 0 Å². The number of aromatic nitrogens is 2. The summed E-state index contributed by atoms with van der Waals surface area (Å²) in [5.41, 5.74) is 1.98. The number of hydrogen-bond acceptors (Lipinski definition) is 4. The SMILES string of the molecule is CCCc1cc(=O)n(CC(=O)N2CCN(CCc3ccccc3)CC2)cn1. The second-order valence-corrected chi connectivity index (χ2v) is 7.05. The van der Waals surface area contributed by atoms with Gasteiger partial charge in [0.1, 0.15) is 6.54 Å². The highest BCUT2D eigenvalue weighted by atomic mass is 16.2. The van der Waals surface area contributed by atoms with Crippen molar-refractivity contribution >= 4 is 5.91 Å². The zero-order valence-electron chi connectivity index (χ0n) is 16.0. The number of carbonyl (C=O) groups excluding carboxylic acids is 1. The van der Waals surface area contributed by atoms with Gasteiger partial charge in [-0.2, -0.15) is 0 Å². The largest absolute Gasteiger partial charge is 0.339 e. The first-order valence-electron chi connectivity index (χ1n) is 9.75. The van der Waals surface area contributed by atoms with Crippen molar-refractivity contribution in [3.63, 3.8) is 0 Å². The highest BCUT2D eigenvalue weighted by molar-refractivity contribution is 5.76. The molecule has 1 saturated heterocycles. The number of carbonyl (C=O) groups is 1. The summed E-state index contributed by atoms with van der Waals surface area (Å²) in [5.74, 6) is -0.00940. The Morgan fingerprint density at radius 1 is 1.07 bits per heavy atom. The smallest absolute Gasteiger partial charge is 0.253 e. The monoisotopic (exact) mass is 368 g/mol. The van der Waals surface area contributed by atoms with Crippen LogP contribution in [0, 0.1) is 0 Å². The van der Waals surface area contributed by atoms with Crippen molar-refractivity contribution < 1.29 is 4.79 Å². The van der Waals surface area contributed by atoms with Crippen LogP contribution in [-0.2, 0) is 24.2 Å². The number of amides is 1. The molecular formula is C21H28N4O2. The summed E-state index contributed by atoms with van der Waals surface area (Å²) >= 11 is 0. The lowest BCUT2D eigenvalue weighted by molar-refractivity contribution is -0.133. The maximum Gasteiger partial charge on any atom is 0.253 e. The molecule has 1 aromatic heterocycles. The van der Waals surface area contributed by atoms with E-state index in [9.17, 15) is 9.59 Å². The minimum Gasteiger partial charge on any atom is -0.339 e. The third-order valence-corrected chi connectivity index (χ3v) is 5.03. The third-order valence-electron chi connectivity index (χ3n) is 5.03. The molecular weight excluding hydrogens is 340 g/mol. The molecule has 3 rings (SSSR count). The Hall–Kier alpha value is -2.47. The fourth-order valence-corrected chi connectivity index (χ4v) is 3.37. The Morgan fingerprint density at radius 2 is 1.81 bits per heavy atom. The Kier molecular flexibility index (Phi) is 6.76. The molecule has 144 valence electrons. The van der Waals surface area contributed by atoms with Crippen LogP contribution in [0.15, 0.2) is 47.5 Å². The van der Waals surface area contributed by atoms with E-state index in [1.54, 1.807) is 0 Å². The fourth-order valence-electron chi connectivity index (χ4n) is 3.37. The number of rotatable bonds is 7. The predicted molar refractivity (Wildman–Crippen MR) is 106 cm³/mol. The van der Waals surface area contributed by atoms with Gasteiger partial charge in [0.25, 0.3) is 5.56 Å². The van der Waals surface area contributed by atoms with Crippen molar-refractivity contribution in [2.24, 2.45) is 0 Å². The summed E-state index contributed by atoms with van der Waals surface area (Å²) < 4.78 is 1.41. The van der Waals surface area contributed by atoms with Gasteiger partial charge in [0.2, 0.25) is 5.91 Å². The molecule has 0 aliphatic carbocycles. The van der Waals surface area contributed by atoms with E-state index >= 15 is 0 Å². The fraction of sp³-hybridized carbons (Fsp3) is 0.476. The van der Waals surface area contributed by atoms with Gasteiger partial charge in [0.05, 0.1) is 6.33 Å². The van der Waals surface area contributed by atoms with Gasteiger partial charge in [-0.15, -0.1) is 0 Å². The van der Waals surface area contributed by atoms with Crippen LogP contribution in [0.5, 0.6) is 0 Å². The Labute approximate surface area is 160 Å². The molecule has 2 aromatic rings. The third kappa shape index (κ3) is 5.50. The van der Waals surface area contributed by atoms with E-state index in [0.717, 1.165) is 44.6 Å². The lowest BCUT2D eigenvalue weighted by Gasteiger charge is -2.34. The molecule has 1 aliphatic rings. The van der Waals surface area contributed by atoms with E-state index in [2.05, 4.69) is 41.1 Å². The van der Waals surface area contributed by atoms with E-state index in [0.29, 0.717) is 13.1 Å². The average Bonchev–Trinajstić information content (AvgIpc) is 2.70. The molecule has 0 saturated carbocycles. The quantitative estimate of drug-likeness (QED) is 0.745. The van der Waals surface area contributed by atoms with Crippen LogP contribution in [0.1, 0.15) is 24.6 Å². The molecule has 1 fully saturated rings. The molecule has 0 radical (unpaired) electrons. The average molecular weight is 368 g/mol. The first kappa shape index (κ1) is 19.3. The summed E-state index contributed by atoms with van der Waals surface area (Å²) in [5, 5.41) is 0. The van der Waals surface area contributed by atoms with Crippen molar-refractivity contribution in [1.82, 2.24) is 19.4 Å². The molecule has 27 heavy (non-hydrogen) atoms. The van der Waals surface area contributed by atoms with Crippen molar-refractivity contribution in [3.05, 3.63) is 64.3 Å². The molecule has 0 N–H and O–H groups in total. The van der Waals surface area contributed by atoms with Gasteiger partial charge in [-0.3, -0.25) is 19.1 Å². The first-order valence-corrected chi connectivity index (χ1v) is 9.75. The van der Waals surface area contributed by atoms with Gasteiger partial charge in [0, 0.05) is 44.5 Å². The Bertz CT molecular complexity index is 795. The van der Waals surface area contributed by atoms with Crippen LogP contribution in [0.2, 0.25) is 0 Å². The minimum atomic E-state index is -0.150. The number of aryl methyl sites for hydroxylation is 1. The van der Waals surface area contributed by atoms with E-state index < -0.39 is 0 Å². The zero-order chi connectivity index (χ0) is 19.1. The molecule has 0 bridgehead atoms. The summed E-state index contributed by atoms with van der Waals surface area (Å²) in [6.45, 7) is 6.31. The van der Waals surface area contributed by atoms with Gasteiger partial charge < -0.3 is 4.90 Å². The van der Waals surface area contributed by atoms with Crippen molar-refractivity contribution in [2.45, 2.75) is 32.7 Å². The molecule has 1 aliphatic heterocycles. The van der Waals surface area contributed by atoms with E-state index in [-0.39, 0.29) is 18.0 Å². The second kappa shape index (κ2) is 9.46. The summed E-state index contributed by atoms with van der Waals surface area (Å²) in [4.78, 5) is 33.2. The van der Waals surface area contributed by atoms with Gasteiger partial charge in [-0.25, -0.2) is 4.98 Å². The second-order valence-electron chi connectivity index (χ2n) is 7.05. The van der Waals surface area contributed by atoms with Gasteiger partial charge in [0.15, 0.2) is 0 Å². The molecule has 0 atom stereocenters. The summed E-state index contributed by atoms with van der Waals surface area (Å²) in [6, 6.07) is 12.0. The van der Waals surface area contributed by atoms with E-state index in [1.807, 2.05) is 11.0 Å². The standard InChI is InChI=1S/C21H28N4O2/c1-2-6-19-15-20(26)25(17-22-19)16-21(27)24-13-11-23(12-14-24)10-9-18-7-4-3-5-8-18/h3-5,7-8,15,17H,2,6,9-14,16H2,1H3. The maximum atomic E-state index is 12.5. The number of benzene rings is 1. The van der Waals surface area contributed by atoms with Crippen molar-refractivity contribution in [1.29, 1.82) is 0 Å². The lowest BCUT2D eigenvalue weighted by Crippen LogP contribution is -2.50. The van der Waals surface area contributed by atoms with Crippen LogP contribution >= 0.6 is 0 Å². The van der Waals surface area contributed by atoms with Crippen LogP contribution in [0.4, 0.5) is 0 Å². The predicted octanol–water partition coefficient (Wildman–Crippen LogP) is 1.58. The zero-order valence-corrected chi connectivity index (χ0v) is 16.0. The van der Waals surface area contributed by atoms with Crippen molar-refractivity contribution in [3.8, 4) is 0 Å². The van der Waals surface area contributed by atoms with Crippen molar-refractivity contribution in [2.75, 3.05) is 32.7 Å². The lowest BCUT2D eigenvalue weighted by atomic mass is 10.1.